The van der Waals surface area contributed by atoms with Gasteiger partial charge < -0.3 is 15.0 Å². The van der Waals surface area contributed by atoms with Gasteiger partial charge in [-0.3, -0.25) is 0 Å². The maximum atomic E-state index is 5.89. The summed E-state index contributed by atoms with van der Waals surface area (Å²) >= 11 is 5.89. The molecule has 0 amide bonds. The molecule has 3 nitrogen and oxygen atoms in total. The van der Waals surface area contributed by atoms with Crippen LogP contribution >= 0.6 is 11.6 Å². The molecule has 1 unspecified atom stereocenters. The molecule has 15 heavy (non-hydrogen) atoms. The zero-order chi connectivity index (χ0) is 10.8. The Kier molecular flexibility index (Phi) is 3.31. The number of fused-ring (bicyclic) bond motifs is 1. The van der Waals surface area contributed by atoms with Gasteiger partial charge in [0, 0.05) is 11.6 Å². The zero-order valence-corrected chi connectivity index (χ0v) is 9.33. The predicted octanol–water partition coefficient (Wildman–Crippen LogP) is 0.929. The standard InChI is InChI=1S/C10H13BClNO2/c1-7(5-13)15-11-10-3-2-9(12)4-8(10)6-14-11/h2-4,7H,5-6,13H2,1H3. The molecule has 1 atom stereocenters. The van der Waals surface area contributed by atoms with E-state index >= 15 is 0 Å². The number of hydrogen-bond donors (Lipinski definition) is 1. The lowest BCUT2D eigenvalue weighted by Crippen LogP contribution is -2.37. The van der Waals surface area contributed by atoms with Crippen molar-refractivity contribution in [2.45, 2.75) is 19.6 Å². The molecule has 2 rings (SSSR count). The lowest BCUT2D eigenvalue weighted by Gasteiger charge is -2.13. The van der Waals surface area contributed by atoms with Gasteiger partial charge in [0.25, 0.3) is 0 Å². The molecule has 0 radical (unpaired) electrons. The number of halogens is 1. The van der Waals surface area contributed by atoms with Crippen LogP contribution in [-0.4, -0.2) is 19.8 Å². The second-order valence-corrected chi connectivity index (χ2v) is 4.10. The quantitative estimate of drug-likeness (QED) is 0.779. The Morgan fingerprint density at radius 1 is 1.67 bits per heavy atom. The highest BCUT2D eigenvalue weighted by Gasteiger charge is 2.31. The van der Waals surface area contributed by atoms with Gasteiger partial charge in [-0.1, -0.05) is 17.7 Å². The normalized spacial score (nSPS) is 16.6. The average molecular weight is 225 g/mol. The monoisotopic (exact) mass is 225 g/mol. The number of benzene rings is 1. The van der Waals surface area contributed by atoms with E-state index in [0.29, 0.717) is 13.2 Å². The van der Waals surface area contributed by atoms with Crippen LogP contribution in [0.4, 0.5) is 0 Å². The highest BCUT2D eigenvalue weighted by Crippen LogP contribution is 2.17. The second-order valence-electron chi connectivity index (χ2n) is 3.67. The summed E-state index contributed by atoms with van der Waals surface area (Å²) in [5.74, 6) is 0. The van der Waals surface area contributed by atoms with Crippen LogP contribution in [-0.2, 0) is 15.9 Å². The van der Waals surface area contributed by atoms with Crippen LogP contribution in [0, 0.1) is 0 Å². The van der Waals surface area contributed by atoms with Gasteiger partial charge in [-0.05, 0) is 30.1 Å². The molecule has 0 fully saturated rings. The van der Waals surface area contributed by atoms with Gasteiger partial charge in [0.1, 0.15) is 0 Å². The van der Waals surface area contributed by atoms with Crippen molar-refractivity contribution < 1.29 is 9.31 Å². The van der Waals surface area contributed by atoms with E-state index in [0.717, 1.165) is 16.0 Å². The highest BCUT2D eigenvalue weighted by molar-refractivity contribution is 6.63. The summed E-state index contributed by atoms with van der Waals surface area (Å²) in [4.78, 5) is 0. The first-order valence-electron chi connectivity index (χ1n) is 4.96. The van der Waals surface area contributed by atoms with E-state index in [1.54, 1.807) is 0 Å². The topological polar surface area (TPSA) is 44.5 Å². The molecule has 2 N–H and O–H groups in total. The van der Waals surface area contributed by atoms with Crippen LogP contribution in [0.25, 0.3) is 0 Å². The van der Waals surface area contributed by atoms with Gasteiger partial charge in [0.2, 0.25) is 0 Å². The average Bonchev–Trinajstić information content (AvgIpc) is 2.60. The van der Waals surface area contributed by atoms with Gasteiger partial charge >= 0.3 is 7.12 Å². The van der Waals surface area contributed by atoms with Crippen molar-refractivity contribution in [2.24, 2.45) is 5.73 Å². The fourth-order valence-corrected chi connectivity index (χ4v) is 1.76. The largest absolute Gasteiger partial charge is 0.494 e. The zero-order valence-electron chi connectivity index (χ0n) is 8.57. The molecule has 0 spiro atoms. The molecule has 0 aromatic heterocycles. The number of nitrogens with two attached hydrogens (primary N) is 1. The highest BCUT2D eigenvalue weighted by atomic mass is 35.5. The lowest BCUT2D eigenvalue weighted by atomic mass is 9.78. The molecule has 1 aliphatic rings. The van der Waals surface area contributed by atoms with Gasteiger partial charge in [-0.15, -0.1) is 0 Å². The summed E-state index contributed by atoms with van der Waals surface area (Å²) in [6.45, 7) is 2.97. The van der Waals surface area contributed by atoms with Crippen LogP contribution in [0.15, 0.2) is 18.2 Å². The van der Waals surface area contributed by atoms with Crippen molar-refractivity contribution in [3.8, 4) is 0 Å². The van der Waals surface area contributed by atoms with Crippen LogP contribution < -0.4 is 11.2 Å². The SMILES string of the molecule is CC(CN)OB1OCc2cc(Cl)ccc21. The van der Waals surface area contributed by atoms with E-state index in [9.17, 15) is 0 Å². The minimum absolute atomic E-state index is 0.00312. The Morgan fingerprint density at radius 3 is 3.20 bits per heavy atom. The molecule has 0 saturated carbocycles. The lowest BCUT2D eigenvalue weighted by molar-refractivity contribution is 0.163. The summed E-state index contributed by atoms with van der Waals surface area (Å²) in [6, 6.07) is 5.70. The summed E-state index contributed by atoms with van der Waals surface area (Å²) in [5, 5.41) is 0.727. The number of hydrogen-bond acceptors (Lipinski definition) is 3. The van der Waals surface area contributed by atoms with E-state index in [2.05, 4.69) is 0 Å². The first kappa shape index (κ1) is 11.0. The smallest absolute Gasteiger partial charge is 0.403 e. The molecule has 5 heteroatoms. The Labute approximate surface area is 94.6 Å². The third-order valence-electron chi connectivity index (χ3n) is 2.44. The molecule has 1 aromatic rings. The van der Waals surface area contributed by atoms with Crippen LogP contribution in [0.3, 0.4) is 0 Å². The first-order chi connectivity index (χ1) is 7.20. The van der Waals surface area contributed by atoms with E-state index in [4.69, 9.17) is 26.6 Å². The summed E-state index contributed by atoms with van der Waals surface area (Å²) < 4.78 is 11.2. The third kappa shape index (κ3) is 2.34. The van der Waals surface area contributed by atoms with Crippen LogP contribution in [0.2, 0.25) is 5.02 Å². The third-order valence-corrected chi connectivity index (χ3v) is 2.67. The van der Waals surface area contributed by atoms with Crippen molar-refractivity contribution in [2.75, 3.05) is 6.54 Å². The maximum absolute atomic E-state index is 5.89. The van der Waals surface area contributed by atoms with Crippen molar-refractivity contribution in [1.29, 1.82) is 0 Å². The van der Waals surface area contributed by atoms with Crippen LogP contribution in [0.1, 0.15) is 12.5 Å². The van der Waals surface area contributed by atoms with Crippen molar-refractivity contribution in [3.05, 3.63) is 28.8 Å². The van der Waals surface area contributed by atoms with Crippen molar-refractivity contribution in [3.63, 3.8) is 0 Å². The minimum Gasteiger partial charge on any atom is -0.403 e. The van der Waals surface area contributed by atoms with Gasteiger partial charge in [-0.2, -0.15) is 0 Å². The van der Waals surface area contributed by atoms with Gasteiger partial charge in [0.05, 0.1) is 12.7 Å². The fourth-order valence-electron chi connectivity index (χ4n) is 1.56. The fraction of sp³-hybridized carbons (Fsp3) is 0.400. The van der Waals surface area contributed by atoms with E-state index in [-0.39, 0.29) is 13.2 Å². The Morgan fingerprint density at radius 2 is 2.47 bits per heavy atom. The molecule has 1 aromatic carbocycles. The van der Waals surface area contributed by atoms with Gasteiger partial charge in [0.15, 0.2) is 0 Å². The maximum Gasteiger partial charge on any atom is 0.494 e. The molecule has 1 heterocycles. The molecule has 1 aliphatic heterocycles. The van der Waals surface area contributed by atoms with E-state index in [1.807, 2.05) is 25.1 Å². The summed E-state index contributed by atoms with van der Waals surface area (Å²) in [7, 11) is -0.296. The molecule has 80 valence electrons. The summed E-state index contributed by atoms with van der Waals surface area (Å²) in [6.07, 6.45) is -0.00312. The molecule has 0 bridgehead atoms. The predicted molar refractivity (Wildman–Crippen MR) is 61.2 cm³/mol. The molecular formula is C10H13BClNO2. The first-order valence-corrected chi connectivity index (χ1v) is 5.34. The second kappa shape index (κ2) is 4.53. The van der Waals surface area contributed by atoms with E-state index < -0.39 is 0 Å². The minimum atomic E-state index is -0.296. The Hall–Kier alpha value is -0.545. The number of rotatable bonds is 3. The van der Waals surface area contributed by atoms with E-state index in [1.165, 1.54) is 0 Å². The molecule has 0 saturated heterocycles. The Bertz CT molecular complexity index is 361. The summed E-state index contributed by atoms with van der Waals surface area (Å²) in [5.41, 5.74) is 7.64. The van der Waals surface area contributed by atoms with Crippen molar-refractivity contribution in [1.82, 2.24) is 0 Å². The van der Waals surface area contributed by atoms with Crippen LogP contribution in [0.5, 0.6) is 0 Å². The van der Waals surface area contributed by atoms with Crippen molar-refractivity contribution >= 4 is 24.2 Å². The molecule has 0 aliphatic carbocycles. The molecular weight excluding hydrogens is 212 g/mol. The van der Waals surface area contributed by atoms with Gasteiger partial charge in [-0.25, -0.2) is 0 Å². The Balaban J connectivity index is 2.14.